The maximum absolute atomic E-state index is 12.3. The molecule has 2 rings (SSSR count). The molecule has 0 bridgehead atoms. The lowest BCUT2D eigenvalue weighted by atomic mass is 9.96. The normalized spacial score (nSPS) is 11.2. The van der Waals surface area contributed by atoms with Crippen LogP contribution in [0.3, 0.4) is 0 Å². The summed E-state index contributed by atoms with van der Waals surface area (Å²) in [7, 11) is 0. The number of nitrogens with zero attached hydrogens (tertiary/aromatic N) is 1. The topological polar surface area (TPSA) is 110 Å². The highest BCUT2D eigenvalue weighted by atomic mass is 16.7. The number of aryl methyl sites for hydroxylation is 2. The van der Waals surface area contributed by atoms with Gasteiger partial charge in [-0.3, -0.25) is 4.98 Å². The number of carbonyl (C=O) groups excluding carboxylic acids is 3. The van der Waals surface area contributed by atoms with Gasteiger partial charge < -0.3 is 23.7 Å². The molecule has 0 aliphatic carbocycles. The highest BCUT2D eigenvalue weighted by Crippen LogP contribution is 2.44. The van der Waals surface area contributed by atoms with Crippen LogP contribution in [-0.4, -0.2) is 42.1 Å². The van der Waals surface area contributed by atoms with Gasteiger partial charge in [0.1, 0.15) is 5.60 Å². The van der Waals surface area contributed by atoms with Gasteiger partial charge in [0.05, 0.1) is 30.2 Å². The summed E-state index contributed by atoms with van der Waals surface area (Å²) in [5, 5.41) is 0. The van der Waals surface area contributed by atoms with Crippen molar-refractivity contribution in [2.45, 2.75) is 54.1 Å². The first-order valence-corrected chi connectivity index (χ1v) is 11.2. The number of esters is 1. The first kappa shape index (κ1) is 27.4. The third-order valence-corrected chi connectivity index (χ3v) is 4.38. The van der Waals surface area contributed by atoms with Gasteiger partial charge in [-0.1, -0.05) is 24.3 Å². The number of pyridine rings is 1. The highest BCUT2D eigenvalue weighted by Gasteiger charge is 2.26. The lowest BCUT2D eigenvalue weighted by Crippen LogP contribution is -2.22. The maximum Gasteiger partial charge on any atom is 0.513 e. The molecule has 0 amide bonds. The van der Waals surface area contributed by atoms with Crippen LogP contribution in [0.1, 0.15) is 51.6 Å². The van der Waals surface area contributed by atoms with Crippen LogP contribution in [0.4, 0.5) is 9.59 Å². The predicted molar refractivity (Wildman–Crippen MR) is 129 cm³/mol. The van der Waals surface area contributed by atoms with Crippen molar-refractivity contribution in [1.29, 1.82) is 0 Å². The summed E-state index contributed by atoms with van der Waals surface area (Å²) in [4.78, 5) is 41.1. The van der Waals surface area contributed by atoms with Gasteiger partial charge in [0.15, 0.2) is 11.5 Å². The Hall–Kier alpha value is -3.88. The Labute approximate surface area is 205 Å². The molecular weight excluding hydrogens is 454 g/mol. The number of hydrogen-bond donors (Lipinski definition) is 0. The Morgan fingerprint density at radius 1 is 0.886 bits per heavy atom. The molecule has 35 heavy (non-hydrogen) atoms. The number of hydrogen-bond acceptors (Lipinski definition) is 9. The van der Waals surface area contributed by atoms with E-state index in [0.717, 1.165) is 0 Å². The van der Waals surface area contributed by atoms with E-state index in [2.05, 4.69) is 4.98 Å². The van der Waals surface area contributed by atoms with Crippen LogP contribution in [0.15, 0.2) is 30.3 Å². The molecule has 1 aromatic carbocycles. The second-order valence-corrected chi connectivity index (χ2v) is 8.34. The summed E-state index contributed by atoms with van der Waals surface area (Å²) in [6.45, 7) is 12.1. The fourth-order valence-electron chi connectivity index (χ4n) is 3.14. The second-order valence-electron chi connectivity index (χ2n) is 8.34. The lowest BCUT2D eigenvalue weighted by molar-refractivity contribution is -0.148. The van der Waals surface area contributed by atoms with Crippen molar-refractivity contribution in [3.63, 3.8) is 0 Å². The molecule has 0 fully saturated rings. The molecule has 9 heteroatoms. The molecule has 2 aromatic rings. The van der Waals surface area contributed by atoms with Gasteiger partial charge in [-0.25, -0.2) is 14.4 Å². The summed E-state index contributed by atoms with van der Waals surface area (Å²) < 4.78 is 26.2. The van der Waals surface area contributed by atoms with Crippen LogP contribution in [0.25, 0.3) is 17.2 Å². The Morgan fingerprint density at radius 2 is 1.40 bits per heavy atom. The molecular formula is C26H31NO8. The lowest BCUT2D eigenvalue weighted by Gasteiger charge is -2.19. The van der Waals surface area contributed by atoms with Crippen LogP contribution < -0.4 is 9.47 Å². The van der Waals surface area contributed by atoms with Gasteiger partial charge in [0.25, 0.3) is 0 Å². The molecule has 1 aromatic heterocycles. The third-order valence-electron chi connectivity index (χ3n) is 4.38. The first-order chi connectivity index (χ1) is 16.5. The number of ether oxygens (including phenoxy) is 5. The molecule has 0 spiro atoms. The van der Waals surface area contributed by atoms with Crippen molar-refractivity contribution in [2.75, 3.05) is 13.2 Å². The van der Waals surface area contributed by atoms with Crippen molar-refractivity contribution in [3.05, 3.63) is 47.3 Å². The van der Waals surface area contributed by atoms with E-state index in [0.29, 0.717) is 22.5 Å². The Bertz CT molecular complexity index is 1070. The van der Waals surface area contributed by atoms with Crippen molar-refractivity contribution in [1.82, 2.24) is 4.98 Å². The van der Waals surface area contributed by atoms with E-state index < -0.39 is 23.9 Å². The Balaban J connectivity index is 2.71. The number of aromatic nitrogens is 1. The molecule has 0 unspecified atom stereocenters. The first-order valence-electron chi connectivity index (χ1n) is 11.2. The van der Waals surface area contributed by atoms with Crippen molar-refractivity contribution in [2.24, 2.45) is 0 Å². The average molecular weight is 486 g/mol. The van der Waals surface area contributed by atoms with Crippen LogP contribution in [0, 0.1) is 13.8 Å². The average Bonchev–Trinajstić information content (AvgIpc) is 2.75. The molecule has 9 nitrogen and oxygen atoms in total. The summed E-state index contributed by atoms with van der Waals surface area (Å²) in [5.41, 5.74) is 1.45. The summed E-state index contributed by atoms with van der Waals surface area (Å²) in [6, 6.07) is 7.02. The number of rotatable bonds is 7. The minimum atomic E-state index is -0.939. The van der Waals surface area contributed by atoms with Gasteiger partial charge in [0, 0.05) is 6.08 Å². The zero-order chi connectivity index (χ0) is 26.2. The molecule has 0 aliphatic rings. The van der Waals surface area contributed by atoms with E-state index in [1.54, 1.807) is 78.8 Å². The minimum absolute atomic E-state index is 0.0477. The molecule has 0 N–H and O–H groups in total. The molecule has 0 aliphatic heterocycles. The van der Waals surface area contributed by atoms with E-state index in [-0.39, 0.29) is 30.3 Å². The molecule has 188 valence electrons. The molecule has 0 saturated heterocycles. The SMILES string of the molecule is CCOC(=O)Oc1c(C)nc(C)c(OC(=O)OCC)c1-c1ccccc1C=CC(=O)OC(C)(C)C. The number of benzene rings is 1. The summed E-state index contributed by atoms with van der Waals surface area (Å²) >= 11 is 0. The van der Waals surface area contributed by atoms with Crippen molar-refractivity contribution >= 4 is 24.4 Å². The summed E-state index contributed by atoms with van der Waals surface area (Å²) in [5.74, 6) is -0.432. The largest absolute Gasteiger partial charge is 0.513 e. The van der Waals surface area contributed by atoms with Gasteiger partial charge >= 0.3 is 18.3 Å². The van der Waals surface area contributed by atoms with Crippen LogP contribution in [0.2, 0.25) is 0 Å². The van der Waals surface area contributed by atoms with E-state index in [1.807, 2.05) is 0 Å². The molecule has 0 radical (unpaired) electrons. The zero-order valence-electron chi connectivity index (χ0n) is 21.1. The van der Waals surface area contributed by atoms with Gasteiger partial charge in [-0.2, -0.15) is 0 Å². The minimum Gasteiger partial charge on any atom is -0.457 e. The quantitative estimate of drug-likeness (QED) is 0.273. The molecule has 0 saturated carbocycles. The van der Waals surface area contributed by atoms with E-state index in [4.69, 9.17) is 23.7 Å². The monoisotopic (exact) mass is 485 g/mol. The second kappa shape index (κ2) is 12.0. The standard InChI is InChI=1S/C26H31NO8/c1-8-31-24(29)33-22-16(3)27-17(4)23(34-25(30)32-9-2)21(22)19-13-11-10-12-18(19)14-15-20(28)35-26(5,6)7/h10-15H,8-9H2,1-7H3. The maximum atomic E-state index is 12.3. The highest BCUT2D eigenvalue weighted by molar-refractivity contribution is 5.92. The van der Waals surface area contributed by atoms with Gasteiger partial charge in [-0.15, -0.1) is 0 Å². The fourth-order valence-corrected chi connectivity index (χ4v) is 3.14. The Morgan fingerprint density at radius 3 is 1.89 bits per heavy atom. The van der Waals surface area contributed by atoms with Crippen LogP contribution >= 0.6 is 0 Å². The van der Waals surface area contributed by atoms with Gasteiger partial charge in [0.2, 0.25) is 0 Å². The number of carbonyl (C=O) groups is 3. The van der Waals surface area contributed by atoms with Crippen molar-refractivity contribution < 1.29 is 38.1 Å². The summed E-state index contributed by atoms with van der Waals surface area (Å²) in [6.07, 6.45) is 0.984. The van der Waals surface area contributed by atoms with E-state index >= 15 is 0 Å². The van der Waals surface area contributed by atoms with Gasteiger partial charge in [-0.05, 0) is 65.7 Å². The zero-order valence-corrected chi connectivity index (χ0v) is 21.1. The van der Waals surface area contributed by atoms with Crippen LogP contribution in [0.5, 0.6) is 11.5 Å². The van der Waals surface area contributed by atoms with E-state index in [1.165, 1.54) is 6.08 Å². The Kier molecular flexibility index (Phi) is 9.39. The van der Waals surface area contributed by atoms with Crippen molar-refractivity contribution in [3.8, 4) is 22.6 Å². The molecule has 1 heterocycles. The van der Waals surface area contributed by atoms with E-state index in [9.17, 15) is 14.4 Å². The third kappa shape index (κ3) is 7.84. The predicted octanol–water partition coefficient (Wildman–Crippen LogP) is 5.79. The smallest absolute Gasteiger partial charge is 0.457 e. The van der Waals surface area contributed by atoms with Crippen LogP contribution in [-0.2, 0) is 19.0 Å². The molecule has 0 atom stereocenters. The fraction of sp³-hybridized carbons (Fsp3) is 0.385.